The number of hydrogen-bond donors (Lipinski definition) is 1. The van der Waals surface area contributed by atoms with E-state index in [-0.39, 0.29) is 6.10 Å². The van der Waals surface area contributed by atoms with Crippen LogP contribution in [0.2, 0.25) is 0 Å². The third-order valence-corrected chi connectivity index (χ3v) is 5.45. The Balaban J connectivity index is 1.93. The summed E-state index contributed by atoms with van der Waals surface area (Å²) in [7, 11) is 2.24. The van der Waals surface area contributed by atoms with E-state index in [1.165, 1.54) is 38.9 Å². The third kappa shape index (κ3) is 3.50. The van der Waals surface area contributed by atoms with Gasteiger partial charge in [0.1, 0.15) is 0 Å². The quantitative estimate of drug-likeness (QED) is 0.850. The lowest BCUT2D eigenvalue weighted by Crippen LogP contribution is -2.55. The monoisotopic (exact) mass is 268 g/mol. The molecule has 1 N–H and O–H groups in total. The van der Waals surface area contributed by atoms with Gasteiger partial charge in [-0.05, 0) is 64.2 Å². The second-order valence-corrected chi connectivity index (χ2v) is 6.94. The summed E-state index contributed by atoms with van der Waals surface area (Å²) in [5, 5.41) is 10.5. The number of hydrogen-bond acceptors (Lipinski definition) is 3. The van der Waals surface area contributed by atoms with E-state index in [1.807, 2.05) is 0 Å². The summed E-state index contributed by atoms with van der Waals surface area (Å²) in [5.74, 6) is 1.30. The first-order chi connectivity index (χ1) is 9.02. The molecule has 0 aromatic rings. The number of piperidine rings is 1. The number of rotatable bonds is 3. The minimum atomic E-state index is -0.132. The number of aliphatic hydroxyl groups excluding tert-OH is 1. The molecule has 0 aromatic heterocycles. The highest BCUT2D eigenvalue weighted by Gasteiger charge is 2.38. The SMILES string of the molecule is CCN1CCC(N(C)C2C(C)CC(C)CC2O)CC1. The van der Waals surface area contributed by atoms with Gasteiger partial charge in [0.15, 0.2) is 0 Å². The summed E-state index contributed by atoms with van der Waals surface area (Å²) in [6.45, 7) is 10.5. The maximum atomic E-state index is 10.5. The first-order valence-electron chi connectivity index (χ1n) is 8.15. The van der Waals surface area contributed by atoms with Crippen LogP contribution in [0.4, 0.5) is 0 Å². The Morgan fingerprint density at radius 1 is 1.16 bits per heavy atom. The van der Waals surface area contributed by atoms with Gasteiger partial charge in [-0.25, -0.2) is 0 Å². The Morgan fingerprint density at radius 2 is 1.79 bits per heavy atom. The fraction of sp³-hybridized carbons (Fsp3) is 1.00. The van der Waals surface area contributed by atoms with Crippen LogP contribution in [-0.2, 0) is 0 Å². The Kier molecular flexibility index (Phi) is 5.27. The van der Waals surface area contributed by atoms with Crippen molar-refractivity contribution in [2.24, 2.45) is 11.8 Å². The lowest BCUT2D eigenvalue weighted by molar-refractivity contribution is -0.0397. The van der Waals surface area contributed by atoms with Crippen LogP contribution < -0.4 is 0 Å². The third-order valence-electron chi connectivity index (χ3n) is 5.45. The van der Waals surface area contributed by atoms with E-state index < -0.39 is 0 Å². The van der Waals surface area contributed by atoms with Gasteiger partial charge < -0.3 is 10.0 Å². The number of likely N-dealkylation sites (N-methyl/N-ethyl adjacent to an activating group) is 1. The van der Waals surface area contributed by atoms with Gasteiger partial charge in [-0.2, -0.15) is 0 Å². The summed E-state index contributed by atoms with van der Waals surface area (Å²) in [6.07, 6.45) is 4.63. The second kappa shape index (κ2) is 6.55. The molecule has 1 heterocycles. The normalized spacial score (nSPS) is 38.8. The van der Waals surface area contributed by atoms with Crippen molar-refractivity contribution in [3.8, 4) is 0 Å². The Morgan fingerprint density at radius 3 is 2.32 bits per heavy atom. The van der Waals surface area contributed by atoms with Crippen molar-refractivity contribution in [1.82, 2.24) is 9.80 Å². The van der Waals surface area contributed by atoms with Crippen LogP contribution >= 0.6 is 0 Å². The minimum Gasteiger partial charge on any atom is -0.391 e. The zero-order chi connectivity index (χ0) is 14.0. The molecule has 2 rings (SSSR count). The fourth-order valence-electron chi connectivity index (χ4n) is 4.36. The minimum absolute atomic E-state index is 0.132. The second-order valence-electron chi connectivity index (χ2n) is 6.94. The van der Waals surface area contributed by atoms with Crippen molar-refractivity contribution in [3.05, 3.63) is 0 Å². The van der Waals surface area contributed by atoms with Gasteiger partial charge in [0.2, 0.25) is 0 Å². The predicted octanol–water partition coefficient (Wildman–Crippen LogP) is 2.20. The molecule has 4 atom stereocenters. The molecule has 1 aliphatic carbocycles. The highest BCUT2D eigenvalue weighted by atomic mass is 16.3. The van der Waals surface area contributed by atoms with Gasteiger partial charge in [0.25, 0.3) is 0 Å². The molecule has 0 radical (unpaired) electrons. The van der Waals surface area contributed by atoms with Crippen molar-refractivity contribution < 1.29 is 5.11 Å². The van der Waals surface area contributed by atoms with Crippen molar-refractivity contribution in [3.63, 3.8) is 0 Å². The van der Waals surface area contributed by atoms with Gasteiger partial charge in [-0.15, -0.1) is 0 Å². The molecule has 2 fully saturated rings. The first-order valence-corrected chi connectivity index (χ1v) is 8.15. The standard InChI is InChI=1S/C16H32N2O/c1-5-18-8-6-14(7-9-18)17(4)16-13(3)10-12(2)11-15(16)19/h12-16,19H,5-11H2,1-4H3. The largest absolute Gasteiger partial charge is 0.391 e. The van der Waals surface area contributed by atoms with Gasteiger partial charge >= 0.3 is 0 Å². The van der Waals surface area contributed by atoms with E-state index in [1.54, 1.807) is 0 Å². The van der Waals surface area contributed by atoms with E-state index in [0.717, 1.165) is 6.42 Å². The van der Waals surface area contributed by atoms with Crippen LogP contribution in [0.15, 0.2) is 0 Å². The molecule has 3 nitrogen and oxygen atoms in total. The molecule has 19 heavy (non-hydrogen) atoms. The smallest absolute Gasteiger partial charge is 0.0700 e. The highest BCUT2D eigenvalue weighted by Crippen LogP contribution is 2.33. The molecular weight excluding hydrogens is 236 g/mol. The molecule has 112 valence electrons. The molecule has 0 amide bonds. The van der Waals surface area contributed by atoms with Gasteiger partial charge in [0, 0.05) is 12.1 Å². The average Bonchev–Trinajstić information content (AvgIpc) is 2.37. The summed E-state index contributed by atoms with van der Waals surface area (Å²) in [4.78, 5) is 5.04. The van der Waals surface area contributed by atoms with Crippen LogP contribution in [0.1, 0.15) is 46.5 Å². The molecular formula is C16H32N2O. The lowest BCUT2D eigenvalue weighted by atomic mass is 9.76. The van der Waals surface area contributed by atoms with Gasteiger partial charge in [0.05, 0.1) is 6.10 Å². The van der Waals surface area contributed by atoms with Crippen molar-refractivity contribution in [1.29, 1.82) is 0 Å². The summed E-state index contributed by atoms with van der Waals surface area (Å²) < 4.78 is 0. The molecule has 3 heteroatoms. The van der Waals surface area contributed by atoms with E-state index in [0.29, 0.717) is 23.9 Å². The number of nitrogens with zero attached hydrogens (tertiary/aromatic N) is 2. The molecule has 1 aliphatic heterocycles. The number of likely N-dealkylation sites (tertiary alicyclic amines) is 1. The Bertz CT molecular complexity index is 264. The summed E-state index contributed by atoms with van der Waals surface area (Å²) in [5.41, 5.74) is 0. The van der Waals surface area contributed by atoms with Crippen LogP contribution in [0, 0.1) is 11.8 Å². The molecule has 1 saturated carbocycles. The molecule has 4 unspecified atom stereocenters. The van der Waals surface area contributed by atoms with Crippen LogP contribution in [0.5, 0.6) is 0 Å². The summed E-state index contributed by atoms with van der Waals surface area (Å²) >= 11 is 0. The predicted molar refractivity (Wildman–Crippen MR) is 80.3 cm³/mol. The van der Waals surface area contributed by atoms with Crippen LogP contribution in [0.25, 0.3) is 0 Å². The van der Waals surface area contributed by atoms with Crippen molar-refractivity contribution in [2.45, 2.75) is 64.6 Å². The van der Waals surface area contributed by atoms with E-state index >= 15 is 0 Å². The van der Waals surface area contributed by atoms with Crippen molar-refractivity contribution >= 4 is 0 Å². The average molecular weight is 268 g/mol. The zero-order valence-electron chi connectivity index (χ0n) is 13.2. The fourth-order valence-corrected chi connectivity index (χ4v) is 4.36. The molecule has 0 spiro atoms. The lowest BCUT2D eigenvalue weighted by Gasteiger charge is -2.47. The van der Waals surface area contributed by atoms with Gasteiger partial charge in [-0.3, -0.25) is 4.90 Å². The topological polar surface area (TPSA) is 26.7 Å². The van der Waals surface area contributed by atoms with E-state index in [4.69, 9.17) is 0 Å². The molecule has 0 aromatic carbocycles. The molecule has 1 saturated heterocycles. The van der Waals surface area contributed by atoms with E-state index in [2.05, 4.69) is 37.6 Å². The molecule has 0 bridgehead atoms. The maximum absolute atomic E-state index is 10.5. The Labute approximate surface area is 119 Å². The zero-order valence-corrected chi connectivity index (χ0v) is 13.2. The Hall–Kier alpha value is -0.120. The maximum Gasteiger partial charge on any atom is 0.0700 e. The number of aliphatic hydroxyl groups is 1. The van der Waals surface area contributed by atoms with Crippen molar-refractivity contribution in [2.75, 3.05) is 26.7 Å². The van der Waals surface area contributed by atoms with Crippen LogP contribution in [-0.4, -0.2) is 59.8 Å². The van der Waals surface area contributed by atoms with Gasteiger partial charge in [-0.1, -0.05) is 20.8 Å². The molecule has 2 aliphatic rings. The summed E-state index contributed by atoms with van der Waals surface area (Å²) in [6, 6.07) is 1.03. The van der Waals surface area contributed by atoms with Crippen LogP contribution in [0.3, 0.4) is 0 Å². The highest BCUT2D eigenvalue weighted by molar-refractivity contribution is 4.92. The first kappa shape index (κ1) is 15.3. The van der Waals surface area contributed by atoms with E-state index in [9.17, 15) is 5.11 Å².